The highest BCUT2D eigenvalue weighted by atomic mass is 35.7. The maximum absolute atomic E-state index is 7.13. The summed E-state index contributed by atoms with van der Waals surface area (Å²) in [5, 5.41) is 1.31. The summed E-state index contributed by atoms with van der Waals surface area (Å²) >= 11 is 7.13. The van der Waals surface area contributed by atoms with Crippen molar-refractivity contribution in [2.45, 2.75) is 74.5 Å². The summed E-state index contributed by atoms with van der Waals surface area (Å²) in [6.45, 7) is 0. The molecule has 4 bridgehead atoms. The van der Waals surface area contributed by atoms with Gasteiger partial charge in [0.15, 0.2) is 0 Å². The Labute approximate surface area is 105 Å². The molecule has 0 N–H and O–H groups in total. The summed E-state index contributed by atoms with van der Waals surface area (Å²) in [4.78, 5) is 0. The standard InChI is InChI=1S/C14H22ClP/c15-16(13-5-1-11(9-13)2-6-13)14-7-3-12(10-14)4-8-14/h11-12H,1-10H2. The average Bonchev–Trinajstić information content (AvgIpc) is 3.08. The summed E-state index contributed by atoms with van der Waals surface area (Å²) in [5.41, 5.74) is 0. The van der Waals surface area contributed by atoms with E-state index >= 15 is 0 Å². The number of halogens is 1. The van der Waals surface area contributed by atoms with Crippen molar-refractivity contribution in [2.24, 2.45) is 11.8 Å². The second-order valence-electron chi connectivity index (χ2n) is 7.02. The minimum atomic E-state index is -0.196. The Balaban J connectivity index is 1.63. The zero-order valence-electron chi connectivity index (χ0n) is 10.1. The first-order valence-corrected chi connectivity index (χ1v) is 9.43. The zero-order valence-corrected chi connectivity index (χ0v) is 11.7. The van der Waals surface area contributed by atoms with E-state index in [1.54, 1.807) is 0 Å². The molecule has 16 heavy (non-hydrogen) atoms. The highest BCUT2D eigenvalue weighted by Crippen LogP contribution is 2.79. The summed E-state index contributed by atoms with van der Waals surface area (Å²) in [7, 11) is -0.196. The summed E-state index contributed by atoms with van der Waals surface area (Å²) < 4.78 is 0. The van der Waals surface area contributed by atoms with Gasteiger partial charge in [0.05, 0.1) is 0 Å². The molecule has 4 saturated carbocycles. The Hall–Kier alpha value is 0.720. The van der Waals surface area contributed by atoms with Crippen molar-refractivity contribution in [2.75, 3.05) is 0 Å². The van der Waals surface area contributed by atoms with E-state index < -0.39 is 0 Å². The highest BCUT2D eigenvalue weighted by molar-refractivity contribution is 7.86. The SMILES string of the molecule is ClP(C12CCC(CC1)C2)C12CCC(CC1)C2. The lowest BCUT2D eigenvalue weighted by Gasteiger charge is -2.43. The summed E-state index contributed by atoms with van der Waals surface area (Å²) in [6.07, 6.45) is 15.0. The molecular weight excluding hydrogens is 235 g/mol. The van der Waals surface area contributed by atoms with Gasteiger partial charge in [-0.1, -0.05) is 11.2 Å². The molecule has 0 unspecified atom stereocenters. The number of hydrogen-bond acceptors (Lipinski definition) is 0. The molecule has 0 spiro atoms. The normalized spacial score (nSPS) is 56.1. The van der Waals surface area contributed by atoms with Gasteiger partial charge in [0.25, 0.3) is 0 Å². The third-order valence-electron chi connectivity index (χ3n) is 6.24. The number of rotatable bonds is 2. The Morgan fingerprint density at radius 1 is 0.750 bits per heavy atom. The predicted octanol–water partition coefficient (Wildman–Crippen LogP) is 5.29. The van der Waals surface area contributed by atoms with Gasteiger partial charge in [-0.15, -0.1) is 0 Å². The fourth-order valence-electron chi connectivity index (χ4n) is 5.38. The smallest absolute Gasteiger partial charge is 0.00516 e. The molecule has 4 rings (SSSR count). The van der Waals surface area contributed by atoms with E-state index in [4.69, 9.17) is 11.2 Å². The van der Waals surface area contributed by atoms with Crippen LogP contribution in [0.5, 0.6) is 0 Å². The molecule has 0 nitrogen and oxygen atoms in total. The van der Waals surface area contributed by atoms with Crippen molar-refractivity contribution >= 4 is 18.5 Å². The van der Waals surface area contributed by atoms with Crippen LogP contribution < -0.4 is 0 Å². The monoisotopic (exact) mass is 256 g/mol. The lowest BCUT2D eigenvalue weighted by molar-refractivity contribution is 0.477. The van der Waals surface area contributed by atoms with Gasteiger partial charge in [0.1, 0.15) is 0 Å². The average molecular weight is 257 g/mol. The van der Waals surface area contributed by atoms with Gasteiger partial charge >= 0.3 is 0 Å². The molecule has 4 fully saturated rings. The quantitative estimate of drug-likeness (QED) is 0.589. The molecule has 0 heterocycles. The Morgan fingerprint density at radius 3 is 1.38 bits per heavy atom. The topological polar surface area (TPSA) is 0 Å². The maximum Gasteiger partial charge on any atom is 0.00516 e. The van der Waals surface area contributed by atoms with Crippen LogP contribution in [0.15, 0.2) is 0 Å². The van der Waals surface area contributed by atoms with E-state index in [0.717, 1.165) is 11.8 Å². The highest BCUT2D eigenvalue weighted by Gasteiger charge is 2.59. The van der Waals surface area contributed by atoms with Crippen LogP contribution in [0.1, 0.15) is 64.2 Å². The Kier molecular flexibility index (Phi) is 2.25. The molecule has 4 aliphatic rings. The number of hydrogen-bond donors (Lipinski definition) is 0. The van der Waals surface area contributed by atoms with Gasteiger partial charge < -0.3 is 0 Å². The van der Waals surface area contributed by atoms with Crippen LogP contribution in [0.2, 0.25) is 0 Å². The molecule has 0 aromatic rings. The van der Waals surface area contributed by atoms with Crippen LogP contribution in [0.4, 0.5) is 0 Å². The minimum Gasteiger partial charge on any atom is -0.0952 e. The van der Waals surface area contributed by atoms with Crippen LogP contribution in [0.3, 0.4) is 0 Å². The van der Waals surface area contributed by atoms with Gasteiger partial charge in [-0.05, 0) is 76.0 Å². The molecule has 2 heteroatoms. The predicted molar refractivity (Wildman–Crippen MR) is 71.4 cm³/mol. The van der Waals surface area contributed by atoms with Crippen LogP contribution in [0, 0.1) is 11.8 Å². The molecule has 0 atom stereocenters. The first-order valence-electron chi connectivity index (χ1n) is 7.19. The molecule has 4 aliphatic carbocycles. The van der Waals surface area contributed by atoms with E-state index in [1.807, 2.05) is 0 Å². The van der Waals surface area contributed by atoms with Gasteiger partial charge in [0.2, 0.25) is 0 Å². The van der Waals surface area contributed by atoms with Crippen molar-refractivity contribution in [3.8, 4) is 0 Å². The van der Waals surface area contributed by atoms with Crippen LogP contribution in [-0.2, 0) is 0 Å². The Morgan fingerprint density at radius 2 is 1.12 bits per heavy atom. The van der Waals surface area contributed by atoms with Crippen LogP contribution in [0.25, 0.3) is 0 Å². The molecule has 0 aromatic carbocycles. The molecule has 0 radical (unpaired) electrons. The zero-order chi connectivity index (χ0) is 10.8. The summed E-state index contributed by atoms with van der Waals surface area (Å²) in [6, 6.07) is 0. The molecule has 0 aromatic heterocycles. The van der Waals surface area contributed by atoms with Gasteiger partial charge in [0, 0.05) is 17.6 Å². The third kappa shape index (κ3) is 1.27. The molecule has 90 valence electrons. The van der Waals surface area contributed by atoms with Gasteiger partial charge in [-0.2, -0.15) is 0 Å². The van der Waals surface area contributed by atoms with E-state index in [-0.39, 0.29) is 7.27 Å². The van der Waals surface area contributed by atoms with Gasteiger partial charge in [-0.3, -0.25) is 0 Å². The van der Waals surface area contributed by atoms with E-state index in [0.29, 0.717) is 10.3 Å². The minimum absolute atomic E-state index is 0.196. The van der Waals surface area contributed by atoms with Crippen molar-refractivity contribution in [3.63, 3.8) is 0 Å². The van der Waals surface area contributed by atoms with Crippen molar-refractivity contribution in [1.82, 2.24) is 0 Å². The van der Waals surface area contributed by atoms with Crippen LogP contribution >= 0.6 is 18.5 Å². The third-order valence-corrected chi connectivity index (χ3v) is 11.3. The maximum atomic E-state index is 7.13. The van der Waals surface area contributed by atoms with E-state index in [1.165, 1.54) is 64.2 Å². The molecule has 0 aliphatic heterocycles. The van der Waals surface area contributed by atoms with E-state index in [9.17, 15) is 0 Å². The fraction of sp³-hybridized carbons (Fsp3) is 1.00. The molecule has 0 saturated heterocycles. The first kappa shape index (κ1) is 10.6. The van der Waals surface area contributed by atoms with Crippen molar-refractivity contribution in [3.05, 3.63) is 0 Å². The second-order valence-corrected chi connectivity index (χ2v) is 10.5. The van der Waals surface area contributed by atoms with E-state index in [2.05, 4.69) is 0 Å². The van der Waals surface area contributed by atoms with Crippen molar-refractivity contribution in [1.29, 1.82) is 0 Å². The van der Waals surface area contributed by atoms with Crippen molar-refractivity contribution < 1.29 is 0 Å². The Bertz CT molecular complexity index is 268. The largest absolute Gasteiger partial charge is 0.0952 e. The second kappa shape index (κ2) is 3.39. The van der Waals surface area contributed by atoms with Gasteiger partial charge in [-0.25, -0.2) is 0 Å². The lowest BCUT2D eigenvalue weighted by Crippen LogP contribution is -2.30. The molecule has 0 amide bonds. The lowest BCUT2D eigenvalue weighted by atomic mass is 9.99. The summed E-state index contributed by atoms with van der Waals surface area (Å²) in [5.74, 6) is 2.14. The number of fused-ring (bicyclic) bond motifs is 4. The fourth-order valence-corrected chi connectivity index (χ4v) is 9.95. The molecular formula is C14H22ClP. The van der Waals surface area contributed by atoms with Crippen LogP contribution in [-0.4, -0.2) is 10.3 Å². The first-order chi connectivity index (χ1) is 7.73.